The summed E-state index contributed by atoms with van der Waals surface area (Å²) >= 11 is 2.11. The second kappa shape index (κ2) is 9.21. The van der Waals surface area contributed by atoms with Gasteiger partial charge in [0.25, 0.3) is 11.8 Å². The largest absolute Gasteiger partial charge is 0.477 e. The van der Waals surface area contributed by atoms with Crippen LogP contribution in [0.4, 0.5) is 5.13 Å². The van der Waals surface area contributed by atoms with Crippen LogP contribution in [0, 0.1) is 0 Å². The van der Waals surface area contributed by atoms with E-state index in [-0.39, 0.29) is 16.7 Å². The van der Waals surface area contributed by atoms with Crippen molar-refractivity contribution in [3.63, 3.8) is 0 Å². The second-order valence-electron chi connectivity index (χ2n) is 8.78. The number of carboxylic acids is 1. The molecule has 0 saturated carbocycles. The van der Waals surface area contributed by atoms with Crippen LogP contribution in [-0.2, 0) is 28.8 Å². The number of nitrogens with two attached hydrogens (primary N) is 1. The van der Waals surface area contributed by atoms with E-state index >= 15 is 0 Å². The van der Waals surface area contributed by atoms with Crippen LogP contribution in [0.2, 0.25) is 0 Å². The molecule has 1 aromatic rings. The molecule has 13 nitrogen and oxygen atoms in total. The Labute approximate surface area is 202 Å². The van der Waals surface area contributed by atoms with Crippen molar-refractivity contribution < 1.29 is 33.9 Å². The number of β-lactam (4-membered cyclic amide) rings is 1. The quantitative estimate of drug-likeness (QED) is 0.198. The highest BCUT2D eigenvalue weighted by Gasteiger charge is 2.53. The summed E-state index contributed by atoms with van der Waals surface area (Å²) in [5, 5.41) is 15.1. The number of nitrogens with one attached hydrogen (secondary N) is 1. The molecule has 184 valence electrons. The van der Waals surface area contributed by atoms with Gasteiger partial charge in [-0.1, -0.05) is 5.16 Å². The van der Waals surface area contributed by atoms with Gasteiger partial charge in [-0.05, 0) is 40.7 Å². The number of esters is 1. The number of oxime groups is 1. The highest BCUT2D eigenvalue weighted by molar-refractivity contribution is 8.00. The van der Waals surface area contributed by atoms with Crippen LogP contribution in [0.3, 0.4) is 0 Å². The average molecular weight is 513 g/mol. The lowest BCUT2D eigenvalue weighted by atomic mass is 10.0. The highest BCUT2D eigenvalue weighted by Crippen LogP contribution is 2.37. The number of rotatable bonds is 7. The number of hydrogen-bond acceptors (Lipinski definition) is 12. The molecule has 2 amide bonds. The van der Waals surface area contributed by atoms with Crippen molar-refractivity contribution in [1.82, 2.24) is 19.6 Å². The van der Waals surface area contributed by atoms with Crippen LogP contribution in [0.15, 0.2) is 16.9 Å². The molecule has 1 unspecified atom stereocenters. The molecule has 4 N–H and O–H groups in total. The fourth-order valence-corrected chi connectivity index (χ4v) is 4.49. The van der Waals surface area contributed by atoms with Gasteiger partial charge in [-0.2, -0.15) is 9.36 Å². The van der Waals surface area contributed by atoms with Gasteiger partial charge >= 0.3 is 11.9 Å². The predicted octanol–water partition coefficient (Wildman–Crippen LogP) is 0.330. The molecular formula is C19H24N6O7S2. The first kappa shape index (κ1) is 25.4. The summed E-state index contributed by atoms with van der Waals surface area (Å²) in [6.45, 7) is 7.90. The van der Waals surface area contributed by atoms with E-state index in [1.165, 1.54) is 31.7 Å². The van der Waals surface area contributed by atoms with Gasteiger partial charge in [-0.3, -0.25) is 14.5 Å². The smallest absolute Gasteiger partial charge is 0.353 e. The van der Waals surface area contributed by atoms with E-state index < -0.39 is 52.1 Å². The Balaban J connectivity index is 1.80. The third kappa shape index (κ3) is 5.30. The number of aromatic nitrogens is 2. The van der Waals surface area contributed by atoms with Crippen LogP contribution in [-0.4, -0.2) is 77.2 Å². The molecule has 2 aliphatic rings. The maximum atomic E-state index is 13.0. The lowest BCUT2D eigenvalue weighted by Crippen LogP contribution is -2.70. The number of carbonyl (C=O) groups excluding carboxylic acids is 3. The van der Waals surface area contributed by atoms with Gasteiger partial charge in [0, 0.05) is 17.3 Å². The Morgan fingerprint density at radius 2 is 1.97 bits per heavy atom. The van der Waals surface area contributed by atoms with E-state index in [2.05, 4.69) is 19.8 Å². The monoisotopic (exact) mass is 512 g/mol. The number of hydrogen-bond donors (Lipinski definition) is 3. The summed E-state index contributed by atoms with van der Waals surface area (Å²) in [5.41, 5.74) is 2.74. The zero-order valence-electron chi connectivity index (χ0n) is 19.0. The highest BCUT2D eigenvalue weighted by atomic mass is 32.2. The van der Waals surface area contributed by atoms with Crippen molar-refractivity contribution in [3.05, 3.63) is 17.6 Å². The van der Waals surface area contributed by atoms with Crippen molar-refractivity contribution in [3.8, 4) is 0 Å². The maximum absolute atomic E-state index is 13.0. The Hall–Kier alpha value is -3.20. The number of anilines is 1. The zero-order chi connectivity index (χ0) is 25.4. The summed E-state index contributed by atoms with van der Waals surface area (Å²) in [6.07, 6.45) is 1.43. The number of thioether (sulfide) groups is 1. The fourth-order valence-electron chi connectivity index (χ4n) is 2.86. The molecule has 0 aromatic carbocycles. The first-order chi connectivity index (χ1) is 15.7. The number of fused-ring (bicyclic) bond motifs is 1. The normalized spacial score (nSPS) is 20.6. The van der Waals surface area contributed by atoms with Crippen LogP contribution >= 0.6 is 23.3 Å². The maximum Gasteiger partial charge on any atom is 0.353 e. The molecule has 15 heteroatoms. The molecule has 0 aliphatic carbocycles. The number of nitrogen functional groups attached to an aromatic ring is 1. The van der Waals surface area contributed by atoms with Crippen molar-refractivity contribution in [2.24, 2.45) is 5.16 Å². The van der Waals surface area contributed by atoms with Gasteiger partial charge < -0.3 is 25.7 Å². The Bertz CT molecular complexity index is 1090. The van der Waals surface area contributed by atoms with E-state index in [4.69, 9.17) is 15.3 Å². The van der Waals surface area contributed by atoms with Gasteiger partial charge in [-0.25, -0.2) is 9.59 Å². The molecule has 34 heavy (non-hydrogen) atoms. The van der Waals surface area contributed by atoms with Gasteiger partial charge in [0.2, 0.25) is 17.1 Å². The van der Waals surface area contributed by atoms with E-state index in [0.717, 1.165) is 16.4 Å². The van der Waals surface area contributed by atoms with Crippen LogP contribution < -0.4 is 11.1 Å². The van der Waals surface area contributed by atoms with Gasteiger partial charge in [0.1, 0.15) is 22.7 Å². The van der Waals surface area contributed by atoms with Gasteiger partial charge in [-0.15, -0.1) is 11.8 Å². The molecule has 0 bridgehead atoms. The minimum atomic E-state index is -1.57. The standard InChI is InChI=1S/C19H24N6O7S2/c1-18(2,3)31-16(30)19(4,5)32-23-9(11-22-17(20)34-24-11)12(26)21-10-13(27)25-8(15(28)29)6-7-33-14(10)25/h6,10,14H,7H2,1-5H3,(H,21,26)(H,28,29)(H2,20,22,24)/b23-9-/t10?,14-/m1/s1. The fraction of sp³-hybridized carbons (Fsp3) is 0.526. The van der Waals surface area contributed by atoms with E-state index in [0.29, 0.717) is 5.75 Å². The van der Waals surface area contributed by atoms with Crippen molar-refractivity contribution in [2.45, 2.75) is 57.2 Å². The van der Waals surface area contributed by atoms with E-state index in [1.54, 1.807) is 20.8 Å². The number of aliphatic carboxylic acids is 1. The SMILES string of the molecule is CC(C)(C)OC(=O)C(C)(C)O/N=C(\C(=O)NC1C(=O)N2C(C(=O)O)=CCS[C@H]12)c1nsc(N)n1. The predicted molar refractivity (Wildman–Crippen MR) is 123 cm³/mol. The number of amides is 2. The number of nitrogens with zero attached hydrogens (tertiary/aromatic N) is 4. The summed E-state index contributed by atoms with van der Waals surface area (Å²) in [5.74, 6) is -3.19. The zero-order valence-corrected chi connectivity index (χ0v) is 20.7. The molecular weight excluding hydrogens is 488 g/mol. The van der Waals surface area contributed by atoms with Crippen molar-refractivity contribution >= 4 is 57.9 Å². The van der Waals surface area contributed by atoms with E-state index in [9.17, 15) is 24.3 Å². The second-order valence-corrected chi connectivity index (χ2v) is 10.7. The molecule has 0 spiro atoms. The minimum Gasteiger partial charge on any atom is -0.477 e. The Kier molecular flexibility index (Phi) is 6.89. The molecule has 1 fully saturated rings. The number of carboxylic acid groups (broad SMARTS) is 1. The molecule has 3 rings (SSSR count). The third-order valence-electron chi connectivity index (χ3n) is 4.48. The molecule has 3 heterocycles. The molecule has 1 saturated heterocycles. The van der Waals surface area contributed by atoms with Crippen LogP contribution in [0.25, 0.3) is 0 Å². The number of ether oxygens (including phenoxy) is 1. The Morgan fingerprint density at radius 3 is 2.53 bits per heavy atom. The van der Waals surface area contributed by atoms with Crippen LogP contribution in [0.1, 0.15) is 40.4 Å². The first-order valence-corrected chi connectivity index (χ1v) is 11.8. The average Bonchev–Trinajstić information content (AvgIpc) is 3.15. The van der Waals surface area contributed by atoms with Crippen molar-refractivity contribution in [2.75, 3.05) is 11.5 Å². The Morgan fingerprint density at radius 1 is 1.29 bits per heavy atom. The molecule has 2 atom stereocenters. The lowest BCUT2D eigenvalue weighted by Gasteiger charge is -2.48. The van der Waals surface area contributed by atoms with Gasteiger partial charge in [0.15, 0.2) is 5.13 Å². The topological polar surface area (TPSA) is 186 Å². The summed E-state index contributed by atoms with van der Waals surface area (Å²) in [4.78, 5) is 59.8. The molecule has 2 aliphatic heterocycles. The minimum absolute atomic E-state index is 0.0619. The van der Waals surface area contributed by atoms with Gasteiger partial charge in [0.05, 0.1) is 0 Å². The third-order valence-corrected chi connectivity index (χ3v) is 6.20. The summed E-state index contributed by atoms with van der Waals surface area (Å²) in [6, 6.07) is -0.999. The summed E-state index contributed by atoms with van der Waals surface area (Å²) in [7, 11) is 0. The lowest BCUT2D eigenvalue weighted by molar-refractivity contribution is -0.179. The summed E-state index contributed by atoms with van der Waals surface area (Å²) < 4.78 is 9.27. The number of carbonyl (C=O) groups is 4. The first-order valence-electron chi connectivity index (χ1n) is 9.99. The van der Waals surface area contributed by atoms with Crippen molar-refractivity contribution in [1.29, 1.82) is 0 Å². The van der Waals surface area contributed by atoms with E-state index in [1.807, 2.05) is 0 Å². The molecule has 1 aromatic heterocycles. The molecule has 0 radical (unpaired) electrons. The van der Waals surface area contributed by atoms with Crippen LogP contribution in [0.5, 0.6) is 0 Å².